The molecule has 1 fully saturated rings. The molecule has 1 saturated heterocycles. The van der Waals surface area contributed by atoms with Crippen LogP contribution in [-0.4, -0.2) is 79.8 Å². The Hall–Kier alpha value is -4.00. The Morgan fingerprint density at radius 3 is 2.50 bits per heavy atom. The molecule has 0 spiro atoms. The van der Waals surface area contributed by atoms with E-state index in [4.69, 9.17) is 9.47 Å². The molecule has 44 heavy (non-hydrogen) atoms. The van der Waals surface area contributed by atoms with E-state index in [-0.39, 0.29) is 36.9 Å². The Labute approximate surface area is 258 Å². The molecule has 0 bridgehead atoms. The quantitative estimate of drug-likeness (QED) is 0.278. The highest BCUT2D eigenvalue weighted by Crippen LogP contribution is 2.23. The molecule has 2 heterocycles. The van der Waals surface area contributed by atoms with Gasteiger partial charge in [-0.25, -0.2) is 18.2 Å². The summed E-state index contributed by atoms with van der Waals surface area (Å²) in [5, 5.41) is 14.4. The molecule has 3 aromatic rings. The molecule has 0 saturated carbocycles. The third kappa shape index (κ3) is 8.13. The van der Waals surface area contributed by atoms with Crippen molar-refractivity contribution in [2.75, 3.05) is 31.6 Å². The van der Waals surface area contributed by atoms with E-state index in [2.05, 4.69) is 10.3 Å². The van der Waals surface area contributed by atoms with Gasteiger partial charge in [-0.15, -0.1) is 0 Å². The molecule has 0 aliphatic carbocycles. The summed E-state index contributed by atoms with van der Waals surface area (Å²) in [6.07, 6.45) is -0.611. The summed E-state index contributed by atoms with van der Waals surface area (Å²) in [5.41, 5.74) is 1.73. The molecule has 2 aromatic carbocycles. The number of anilines is 1. The van der Waals surface area contributed by atoms with Crippen LogP contribution < -0.4 is 15.0 Å². The van der Waals surface area contributed by atoms with Gasteiger partial charge in [0, 0.05) is 19.3 Å². The number of nitrogens with zero attached hydrogens (tertiary/aromatic N) is 3. The van der Waals surface area contributed by atoms with Crippen molar-refractivity contribution in [1.82, 2.24) is 14.6 Å². The number of aliphatic hydroxyl groups is 1. The molecule has 1 aliphatic heterocycles. The van der Waals surface area contributed by atoms with Gasteiger partial charge in [-0.05, 0) is 66.8 Å². The standard InChI is InChI=1S/C32H40N4O7S/c1-5-22(2)19-35(44(40,41)26-13-11-25(42-4)12-14-26)20-28(37)27(18-24-9-7-6-8-10-24)34-31(38)29-21-36(32(39)43-29)30-17-23(3)15-16-33-30/h6-17,22,27-29,37H,5,18-21H2,1-4H3,(H,34,38)/t22-,27+,28-,29+/m1/s1. The Morgan fingerprint density at radius 1 is 1.16 bits per heavy atom. The number of aryl methyl sites for hydroxylation is 1. The third-order valence-corrected chi connectivity index (χ3v) is 9.52. The molecule has 2 N–H and O–H groups in total. The smallest absolute Gasteiger partial charge is 0.416 e. The number of hydrogen-bond donors (Lipinski definition) is 2. The Morgan fingerprint density at radius 2 is 1.86 bits per heavy atom. The zero-order valence-electron chi connectivity index (χ0n) is 25.4. The first-order chi connectivity index (χ1) is 21.0. The van der Waals surface area contributed by atoms with E-state index in [1.54, 1.807) is 30.5 Å². The van der Waals surface area contributed by atoms with Crippen LogP contribution in [0.3, 0.4) is 0 Å². The number of carbonyl (C=O) groups excluding carboxylic acids is 2. The highest BCUT2D eigenvalue weighted by atomic mass is 32.2. The van der Waals surface area contributed by atoms with E-state index in [9.17, 15) is 23.1 Å². The van der Waals surface area contributed by atoms with E-state index < -0.39 is 40.3 Å². The number of sulfonamides is 1. The molecule has 12 heteroatoms. The summed E-state index contributed by atoms with van der Waals surface area (Å²) in [5.74, 6) is 0.305. The molecule has 4 atom stereocenters. The number of rotatable bonds is 14. The van der Waals surface area contributed by atoms with Crippen molar-refractivity contribution in [2.24, 2.45) is 5.92 Å². The molecular weight excluding hydrogens is 584 g/mol. The van der Waals surface area contributed by atoms with Crippen molar-refractivity contribution in [2.45, 2.75) is 56.8 Å². The first-order valence-corrected chi connectivity index (χ1v) is 16.0. The van der Waals surface area contributed by atoms with Gasteiger partial charge in [0.15, 0.2) is 6.10 Å². The van der Waals surface area contributed by atoms with Crippen LogP contribution in [-0.2, 0) is 26.0 Å². The van der Waals surface area contributed by atoms with Crippen molar-refractivity contribution < 1.29 is 32.6 Å². The highest BCUT2D eigenvalue weighted by Gasteiger charge is 2.39. The van der Waals surface area contributed by atoms with Gasteiger partial charge in [-0.3, -0.25) is 9.69 Å². The first kappa shape index (κ1) is 32.9. The van der Waals surface area contributed by atoms with E-state index in [0.29, 0.717) is 11.6 Å². The third-order valence-electron chi connectivity index (χ3n) is 7.67. The number of amides is 2. The van der Waals surface area contributed by atoms with Crippen molar-refractivity contribution in [1.29, 1.82) is 0 Å². The maximum atomic E-state index is 13.8. The minimum atomic E-state index is -4.00. The molecular formula is C32H40N4O7S. The topological polar surface area (TPSA) is 138 Å². The summed E-state index contributed by atoms with van der Waals surface area (Å²) in [6, 6.07) is 18.0. The zero-order valence-corrected chi connectivity index (χ0v) is 26.2. The largest absolute Gasteiger partial charge is 0.497 e. The van der Waals surface area contributed by atoms with Gasteiger partial charge < -0.3 is 19.9 Å². The van der Waals surface area contributed by atoms with Crippen LogP contribution in [0.1, 0.15) is 31.4 Å². The number of aromatic nitrogens is 1. The lowest BCUT2D eigenvalue weighted by Crippen LogP contribution is -2.53. The monoisotopic (exact) mass is 624 g/mol. The van der Waals surface area contributed by atoms with Gasteiger partial charge in [0.05, 0.1) is 30.7 Å². The number of carbonyl (C=O) groups is 2. The van der Waals surface area contributed by atoms with E-state index in [0.717, 1.165) is 17.5 Å². The lowest BCUT2D eigenvalue weighted by atomic mass is 10.0. The fourth-order valence-electron chi connectivity index (χ4n) is 4.86. The van der Waals surface area contributed by atoms with Gasteiger partial charge in [-0.2, -0.15) is 4.31 Å². The van der Waals surface area contributed by atoms with Crippen LogP contribution in [0.4, 0.5) is 10.6 Å². The summed E-state index contributed by atoms with van der Waals surface area (Å²) < 4.78 is 39.4. The number of aliphatic hydroxyl groups excluding tert-OH is 1. The second-order valence-electron chi connectivity index (χ2n) is 11.1. The van der Waals surface area contributed by atoms with Crippen LogP contribution in [0.25, 0.3) is 0 Å². The summed E-state index contributed by atoms with van der Waals surface area (Å²) in [7, 11) is -2.50. The molecule has 236 valence electrons. The van der Waals surface area contributed by atoms with Crippen LogP contribution >= 0.6 is 0 Å². The fourth-order valence-corrected chi connectivity index (χ4v) is 6.44. The number of hydrogen-bond acceptors (Lipinski definition) is 8. The van der Waals surface area contributed by atoms with E-state index in [1.165, 1.54) is 28.4 Å². The van der Waals surface area contributed by atoms with Crippen molar-refractivity contribution in [3.8, 4) is 5.75 Å². The number of cyclic esters (lactones) is 1. The zero-order chi connectivity index (χ0) is 31.9. The predicted octanol–water partition coefficient (Wildman–Crippen LogP) is 3.55. The Kier molecular flexibility index (Phi) is 11.0. The lowest BCUT2D eigenvalue weighted by Gasteiger charge is -2.31. The number of pyridine rings is 1. The summed E-state index contributed by atoms with van der Waals surface area (Å²) in [4.78, 5) is 31.6. The van der Waals surface area contributed by atoms with Gasteiger partial charge in [0.2, 0.25) is 10.0 Å². The van der Waals surface area contributed by atoms with Crippen molar-refractivity contribution in [3.05, 3.63) is 84.1 Å². The summed E-state index contributed by atoms with van der Waals surface area (Å²) in [6.45, 7) is 5.63. The maximum Gasteiger partial charge on any atom is 0.416 e. The molecule has 11 nitrogen and oxygen atoms in total. The Balaban J connectivity index is 1.56. The second kappa shape index (κ2) is 14.7. The average molecular weight is 625 g/mol. The van der Waals surface area contributed by atoms with Gasteiger partial charge >= 0.3 is 6.09 Å². The molecule has 2 amide bonds. The number of nitrogens with one attached hydrogen (secondary N) is 1. The van der Waals surface area contributed by atoms with Gasteiger partial charge in [-0.1, -0.05) is 50.6 Å². The maximum absolute atomic E-state index is 13.8. The van der Waals surface area contributed by atoms with E-state index >= 15 is 0 Å². The highest BCUT2D eigenvalue weighted by molar-refractivity contribution is 7.89. The minimum Gasteiger partial charge on any atom is -0.497 e. The van der Waals surface area contributed by atoms with Crippen molar-refractivity contribution >= 4 is 27.8 Å². The van der Waals surface area contributed by atoms with Gasteiger partial charge in [0.25, 0.3) is 5.91 Å². The molecule has 1 aliphatic rings. The SMILES string of the molecule is CC[C@@H](C)CN(C[C@@H](O)[C@H](Cc1ccccc1)NC(=O)[C@@H]1CN(c2cc(C)ccn2)C(=O)O1)S(=O)(=O)c1ccc(OC)cc1. The molecule has 0 unspecified atom stereocenters. The number of ether oxygens (including phenoxy) is 2. The normalized spacial score (nSPS) is 17.2. The van der Waals surface area contributed by atoms with Crippen molar-refractivity contribution in [3.63, 3.8) is 0 Å². The van der Waals surface area contributed by atoms with Crippen LogP contribution in [0.15, 0.2) is 77.8 Å². The lowest BCUT2D eigenvalue weighted by molar-refractivity contribution is -0.129. The first-order valence-electron chi connectivity index (χ1n) is 14.6. The average Bonchev–Trinajstić information content (AvgIpc) is 3.42. The molecule has 0 radical (unpaired) electrons. The second-order valence-corrected chi connectivity index (χ2v) is 13.0. The molecule has 4 rings (SSSR count). The summed E-state index contributed by atoms with van der Waals surface area (Å²) >= 11 is 0. The van der Waals surface area contributed by atoms with E-state index in [1.807, 2.05) is 51.1 Å². The number of benzene rings is 2. The fraction of sp³-hybridized carbons (Fsp3) is 0.406. The predicted molar refractivity (Wildman–Crippen MR) is 166 cm³/mol. The van der Waals surface area contributed by atoms with Gasteiger partial charge in [0.1, 0.15) is 11.6 Å². The van der Waals surface area contributed by atoms with Crippen LogP contribution in [0, 0.1) is 12.8 Å². The molecule has 1 aromatic heterocycles. The van der Waals surface area contributed by atoms with Crippen LogP contribution in [0.2, 0.25) is 0 Å². The minimum absolute atomic E-state index is 0.0107. The Bertz CT molecular complexity index is 1520. The van der Waals surface area contributed by atoms with Crippen LogP contribution in [0.5, 0.6) is 5.75 Å². The number of methoxy groups -OCH3 is 1.